The van der Waals surface area contributed by atoms with E-state index in [2.05, 4.69) is 15.3 Å². The van der Waals surface area contributed by atoms with E-state index in [1.54, 1.807) is 16.1 Å². The van der Waals surface area contributed by atoms with Crippen molar-refractivity contribution in [3.05, 3.63) is 53.9 Å². The number of likely N-dealkylation sites (tertiary alicyclic amines) is 1. The van der Waals surface area contributed by atoms with Crippen molar-refractivity contribution in [1.82, 2.24) is 20.1 Å². The Bertz CT molecular complexity index is 795. The van der Waals surface area contributed by atoms with Crippen molar-refractivity contribution >= 4 is 18.0 Å². The fourth-order valence-corrected chi connectivity index (χ4v) is 3.65. The van der Waals surface area contributed by atoms with Crippen molar-refractivity contribution in [3.63, 3.8) is 0 Å². The van der Waals surface area contributed by atoms with Gasteiger partial charge in [-0.2, -0.15) is 10.2 Å². The van der Waals surface area contributed by atoms with E-state index >= 15 is 0 Å². The van der Waals surface area contributed by atoms with Gasteiger partial charge in [-0.05, 0) is 18.4 Å². The Morgan fingerprint density at radius 1 is 1.12 bits per heavy atom. The molecule has 1 unspecified atom stereocenters. The number of piperidine rings is 1. The van der Waals surface area contributed by atoms with Crippen LogP contribution in [0.3, 0.4) is 0 Å². The fourth-order valence-electron chi connectivity index (χ4n) is 3.65. The highest BCUT2D eigenvalue weighted by Gasteiger charge is 2.35. The second-order valence-corrected chi connectivity index (χ2v) is 6.70. The molecular weight excluding hydrogens is 330 g/mol. The van der Waals surface area contributed by atoms with Crippen molar-refractivity contribution in [2.24, 2.45) is 11.0 Å². The lowest BCUT2D eigenvalue weighted by Crippen LogP contribution is -2.43. The van der Waals surface area contributed by atoms with Crippen LogP contribution in [0.25, 0.3) is 0 Å². The summed E-state index contributed by atoms with van der Waals surface area (Å²) < 4.78 is 0. The zero-order chi connectivity index (χ0) is 17.9. The minimum atomic E-state index is -0.0927. The lowest BCUT2D eigenvalue weighted by atomic mass is 9.94. The first kappa shape index (κ1) is 16.5. The van der Waals surface area contributed by atoms with Gasteiger partial charge in [-0.3, -0.25) is 14.7 Å². The van der Waals surface area contributed by atoms with Gasteiger partial charge in [0.2, 0.25) is 5.91 Å². The topological polar surface area (TPSA) is 81.7 Å². The molecule has 1 fully saturated rings. The average molecular weight is 351 g/mol. The van der Waals surface area contributed by atoms with E-state index < -0.39 is 0 Å². The van der Waals surface area contributed by atoms with Gasteiger partial charge in [-0.1, -0.05) is 30.3 Å². The van der Waals surface area contributed by atoms with E-state index in [0.29, 0.717) is 31.5 Å². The summed E-state index contributed by atoms with van der Waals surface area (Å²) >= 11 is 0. The Hall–Kier alpha value is -2.96. The molecule has 134 valence electrons. The van der Waals surface area contributed by atoms with Gasteiger partial charge >= 0.3 is 0 Å². The summed E-state index contributed by atoms with van der Waals surface area (Å²) in [6, 6.07) is 9.98. The number of carbonyl (C=O) groups is 2. The largest absolute Gasteiger partial charge is 0.339 e. The molecular formula is C19H21N5O2. The van der Waals surface area contributed by atoms with Crippen LogP contribution in [0.15, 0.2) is 47.8 Å². The van der Waals surface area contributed by atoms with Gasteiger partial charge in [0.1, 0.15) is 0 Å². The zero-order valence-corrected chi connectivity index (χ0v) is 14.4. The van der Waals surface area contributed by atoms with Gasteiger partial charge in [0, 0.05) is 37.8 Å². The number of amides is 2. The van der Waals surface area contributed by atoms with Gasteiger partial charge < -0.3 is 4.90 Å². The van der Waals surface area contributed by atoms with E-state index in [9.17, 15) is 9.59 Å². The standard InChI is InChI=1S/C19H21N5O2/c25-18(16-12-20-21-13-16)23-10-7-15(8-11-23)19(26)24-17(6-9-22-24)14-4-2-1-3-5-14/h1-5,9,12-13,15,17H,6-8,10-11H2,(H,20,21). The molecule has 26 heavy (non-hydrogen) atoms. The van der Waals surface area contributed by atoms with Crippen molar-refractivity contribution < 1.29 is 9.59 Å². The summed E-state index contributed by atoms with van der Waals surface area (Å²) in [4.78, 5) is 27.1. The number of rotatable bonds is 3. The molecule has 0 spiro atoms. The lowest BCUT2D eigenvalue weighted by Gasteiger charge is -2.33. The second-order valence-electron chi connectivity index (χ2n) is 6.70. The number of nitrogens with one attached hydrogen (secondary N) is 1. The number of hydrogen-bond acceptors (Lipinski definition) is 4. The number of aromatic amines is 1. The van der Waals surface area contributed by atoms with E-state index in [1.165, 1.54) is 6.20 Å². The molecule has 1 aromatic carbocycles. The maximum absolute atomic E-state index is 13.0. The second kappa shape index (κ2) is 7.11. The van der Waals surface area contributed by atoms with Crippen LogP contribution in [0.2, 0.25) is 0 Å². The highest BCUT2D eigenvalue weighted by molar-refractivity contribution is 5.94. The molecule has 1 saturated heterocycles. The van der Waals surface area contributed by atoms with Gasteiger partial charge in [-0.25, -0.2) is 5.01 Å². The van der Waals surface area contributed by atoms with E-state index in [4.69, 9.17) is 0 Å². The third-order valence-electron chi connectivity index (χ3n) is 5.12. The quantitative estimate of drug-likeness (QED) is 0.920. The Kier molecular flexibility index (Phi) is 4.51. The Labute approximate surface area is 151 Å². The summed E-state index contributed by atoms with van der Waals surface area (Å²) in [7, 11) is 0. The molecule has 2 aliphatic heterocycles. The molecule has 2 aliphatic rings. The average Bonchev–Trinajstić information content (AvgIpc) is 3.39. The van der Waals surface area contributed by atoms with E-state index in [1.807, 2.05) is 36.5 Å². The molecule has 3 heterocycles. The fraction of sp³-hybridized carbons (Fsp3) is 0.368. The summed E-state index contributed by atoms with van der Waals surface area (Å²) in [6.45, 7) is 1.15. The third kappa shape index (κ3) is 3.12. The molecule has 0 saturated carbocycles. The summed E-state index contributed by atoms with van der Waals surface area (Å²) in [5.74, 6) is -0.0705. The molecule has 4 rings (SSSR count). The van der Waals surface area contributed by atoms with Gasteiger partial charge in [-0.15, -0.1) is 0 Å². The van der Waals surface area contributed by atoms with Gasteiger partial charge in [0.15, 0.2) is 0 Å². The Balaban J connectivity index is 1.39. The minimum Gasteiger partial charge on any atom is -0.339 e. The molecule has 0 radical (unpaired) electrons. The van der Waals surface area contributed by atoms with Crippen molar-refractivity contribution in [2.75, 3.05) is 13.1 Å². The van der Waals surface area contributed by atoms with Crippen molar-refractivity contribution in [3.8, 4) is 0 Å². The van der Waals surface area contributed by atoms with Gasteiger partial charge in [0.25, 0.3) is 5.91 Å². The third-order valence-corrected chi connectivity index (χ3v) is 5.12. The molecule has 1 aromatic heterocycles. The predicted molar refractivity (Wildman–Crippen MR) is 96.4 cm³/mol. The molecule has 1 N–H and O–H groups in total. The summed E-state index contributed by atoms with van der Waals surface area (Å²) in [6.07, 6.45) is 7.01. The number of hydrogen-bond donors (Lipinski definition) is 1. The smallest absolute Gasteiger partial charge is 0.257 e. The normalized spacial score (nSPS) is 20.5. The number of hydrazone groups is 1. The molecule has 0 aliphatic carbocycles. The first-order valence-electron chi connectivity index (χ1n) is 8.92. The lowest BCUT2D eigenvalue weighted by molar-refractivity contribution is -0.138. The SMILES string of the molecule is O=C(c1cn[nH]c1)N1CCC(C(=O)N2N=CCC2c2ccccc2)CC1. The predicted octanol–water partition coefficient (Wildman–Crippen LogP) is 2.22. The zero-order valence-electron chi connectivity index (χ0n) is 14.4. The molecule has 2 aromatic rings. The van der Waals surface area contributed by atoms with Crippen LogP contribution in [0.4, 0.5) is 0 Å². The van der Waals surface area contributed by atoms with Crippen molar-refractivity contribution in [2.45, 2.75) is 25.3 Å². The van der Waals surface area contributed by atoms with Crippen LogP contribution >= 0.6 is 0 Å². The molecule has 2 amide bonds. The number of aromatic nitrogens is 2. The first-order chi connectivity index (χ1) is 12.7. The first-order valence-corrected chi connectivity index (χ1v) is 8.92. The molecule has 7 heteroatoms. The van der Waals surface area contributed by atoms with E-state index in [-0.39, 0.29) is 23.8 Å². The van der Waals surface area contributed by atoms with Crippen LogP contribution in [0.5, 0.6) is 0 Å². The van der Waals surface area contributed by atoms with Crippen LogP contribution < -0.4 is 0 Å². The summed E-state index contributed by atoms with van der Waals surface area (Å²) in [5, 5.41) is 12.4. The van der Waals surface area contributed by atoms with Crippen LogP contribution in [0, 0.1) is 5.92 Å². The van der Waals surface area contributed by atoms with Crippen LogP contribution in [-0.2, 0) is 4.79 Å². The van der Waals surface area contributed by atoms with Gasteiger partial charge in [0.05, 0.1) is 17.8 Å². The van der Waals surface area contributed by atoms with Crippen LogP contribution in [0.1, 0.15) is 41.2 Å². The highest BCUT2D eigenvalue weighted by atomic mass is 16.2. The maximum atomic E-state index is 13.0. The molecule has 7 nitrogen and oxygen atoms in total. The minimum absolute atomic E-state index is 0.0192. The molecule has 1 atom stereocenters. The van der Waals surface area contributed by atoms with Crippen LogP contribution in [-0.4, -0.2) is 51.2 Å². The Morgan fingerprint density at radius 3 is 2.58 bits per heavy atom. The maximum Gasteiger partial charge on any atom is 0.257 e. The highest BCUT2D eigenvalue weighted by Crippen LogP contribution is 2.31. The number of nitrogens with zero attached hydrogens (tertiary/aromatic N) is 4. The van der Waals surface area contributed by atoms with E-state index in [0.717, 1.165) is 12.0 Å². The summed E-state index contributed by atoms with van der Waals surface area (Å²) in [5.41, 5.74) is 1.66. The number of H-pyrrole nitrogens is 1. The molecule has 0 bridgehead atoms. The number of benzene rings is 1. The monoisotopic (exact) mass is 351 g/mol. The Morgan fingerprint density at radius 2 is 1.88 bits per heavy atom. The number of carbonyl (C=O) groups excluding carboxylic acids is 2. The van der Waals surface area contributed by atoms with Crippen molar-refractivity contribution in [1.29, 1.82) is 0 Å².